The number of carbonyl (C=O) groups excluding carboxylic acids is 2. The maximum absolute atomic E-state index is 14.1. The largest absolute Gasteiger partial charge is 0.586 e. The first-order valence-electron chi connectivity index (χ1n) is 12.6. The lowest BCUT2D eigenvalue weighted by Crippen LogP contribution is -2.40. The summed E-state index contributed by atoms with van der Waals surface area (Å²) in [6.07, 6.45) is -3.82. The van der Waals surface area contributed by atoms with E-state index in [0.29, 0.717) is 0 Å². The lowest BCUT2D eigenvalue weighted by Gasteiger charge is -2.21. The Morgan fingerprint density at radius 3 is 2.49 bits per heavy atom. The van der Waals surface area contributed by atoms with Gasteiger partial charge < -0.3 is 24.1 Å². The van der Waals surface area contributed by atoms with Crippen LogP contribution >= 0.6 is 0 Å². The summed E-state index contributed by atoms with van der Waals surface area (Å²) in [6.45, 7) is 6.53. The average Bonchev–Trinajstić information content (AvgIpc) is 3.45. The van der Waals surface area contributed by atoms with E-state index < -0.39 is 41.6 Å². The zero-order valence-electron chi connectivity index (χ0n) is 22.5. The van der Waals surface area contributed by atoms with Crippen molar-refractivity contribution in [3.8, 4) is 22.8 Å². The molecule has 4 aromatic rings. The van der Waals surface area contributed by atoms with Gasteiger partial charge >= 0.3 is 6.29 Å². The molecular weight excluding hydrogens is 545 g/mol. The third kappa shape index (κ3) is 5.60. The highest BCUT2D eigenvalue weighted by Crippen LogP contribution is 2.43. The smallest absolute Gasteiger partial charge is 0.448 e. The van der Waals surface area contributed by atoms with Crippen LogP contribution in [0.5, 0.6) is 11.5 Å². The number of furan rings is 1. The highest BCUT2D eigenvalue weighted by Gasteiger charge is 2.43. The molecule has 0 atom stereocenters. The molecule has 0 unspecified atom stereocenters. The van der Waals surface area contributed by atoms with E-state index >= 15 is 0 Å². The predicted molar refractivity (Wildman–Crippen MR) is 142 cm³/mol. The Kier molecular flexibility index (Phi) is 6.76. The van der Waals surface area contributed by atoms with Crippen LogP contribution < -0.4 is 25.2 Å². The van der Waals surface area contributed by atoms with Gasteiger partial charge in [0.1, 0.15) is 18.1 Å². The Morgan fingerprint density at radius 1 is 1.07 bits per heavy atom. The Hall–Kier alpha value is -4.81. The molecule has 0 radical (unpaired) electrons. The number of ether oxygens (including phenoxy) is 2. The Morgan fingerprint density at radius 2 is 1.80 bits per heavy atom. The average molecular weight is 571 g/mol. The fourth-order valence-corrected chi connectivity index (χ4v) is 4.34. The maximum Gasteiger partial charge on any atom is 0.586 e. The molecule has 1 N–H and O–H groups in total. The van der Waals surface area contributed by atoms with Gasteiger partial charge in [0.15, 0.2) is 22.8 Å². The highest BCUT2D eigenvalue weighted by molar-refractivity contribution is 5.99. The second kappa shape index (κ2) is 9.98. The Balaban J connectivity index is 1.55. The lowest BCUT2D eigenvalue weighted by molar-refractivity contribution is -0.286. The van der Waals surface area contributed by atoms with Gasteiger partial charge in [0.25, 0.3) is 11.5 Å². The maximum atomic E-state index is 14.1. The lowest BCUT2D eigenvalue weighted by atomic mass is 10.1. The minimum atomic E-state index is -3.82. The fraction of sp³-hybridized carbons (Fsp3) is 0.286. The van der Waals surface area contributed by atoms with Crippen molar-refractivity contribution in [1.82, 2.24) is 15.1 Å². The van der Waals surface area contributed by atoms with Crippen LogP contribution in [0.25, 0.3) is 22.2 Å². The minimum absolute atomic E-state index is 0.0371. The van der Waals surface area contributed by atoms with Crippen molar-refractivity contribution in [1.29, 1.82) is 0 Å². The molecule has 1 aliphatic heterocycles. The van der Waals surface area contributed by atoms with Gasteiger partial charge in [-0.1, -0.05) is 12.1 Å². The van der Waals surface area contributed by atoms with E-state index in [9.17, 15) is 27.6 Å². The molecule has 214 valence electrons. The quantitative estimate of drug-likeness (QED) is 0.357. The molecule has 0 aliphatic carbocycles. The van der Waals surface area contributed by atoms with E-state index in [4.69, 9.17) is 4.42 Å². The summed E-state index contributed by atoms with van der Waals surface area (Å²) in [5.74, 6) is -2.35. The number of hydrogen-bond acceptors (Lipinski definition) is 7. The SMILES string of the molecule is CCN(C(=O)Cn1nc(-c2cccc(F)c2)c2oc(C(=O)NC(C)(C)C)cc2c1=O)c1ccc2c(c1)OC(F)(F)O2. The number of halogens is 3. The van der Waals surface area contributed by atoms with Gasteiger partial charge in [-0.2, -0.15) is 5.10 Å². The molecule has 13 heteroatoms. The Bertz CT molecular complexity index is 1740. The van der Waals surface area contributed by atoms with Gasteiger partial charge in [-0.3, -0.25) is 14.4 Å². The summed E-state index contributed by atoms with van der Waals surface area (Å²) < 4.78 is 56.6. The molecule has 0 spiro atoms. The van der Waals surface area contributed by atoms with E-state index in [0.717, 1.165) is 4.68 Å². The Labute approximate surface area is 231 Å². The molecule has 2 aromatic heterocycles. The molecule has 2 aromatic carbocycles. The zero-order valence-corrected chi connectivity index (χ0v) is 22.5. The number of fused-ring (bicyclic) bond motifs is 2. The number of nitrogens with zero attached hydrogens (tertiary/aromatic N) is 3. The van der Waals surface area contributed by atoms with E-state index in [1.54, 1.807) is 33.8 Å². The van der Waals surface area contributed by atoms with Gasteiger partial charge in [0.05, 0.1) is 5.39 Å². The van der Waals surface area contributed by atoms with E-state index in [1.165, 1.54) is 47.4 Å². The molecular formula is C28H25F3N4O6. The topological polar surface area (TPSA) is 116 Å². The first-order chi connectivity index (χ1) is 19.2. The fourth-order valence-electron chi connectivity index (χ4n) is 4.34. The number of nitrogens with one attached hydrogen (secondary N) is 1. The molecule has 0 saturated carbocycles. The zero-order chi connectivity index (χ0) is 29.7. The molecule has 2 amide bonds. The van der Waals surface area contributed by atoms with Gasteiger partial charge in [-0.05, 0) is 52.0 Å². The van der Waals surface area contributed by atoms with Crippen LogP contribution in [0.4, 0.5) is 18.9 Å². The summed E-state index contributed by atoms with van der Waals surface area (Å²) in [4.78, 5) is 40.9. The highest BCUT2D eigenvalue weighted by atomic mass is 19.3. The number of benzene rings is 2. The molecule has 3 heterocycles. The van der Waals surface area contributed by atoms with Gasteiger partial charge in [-0.25, -0.2) is 9.07 Å². The number of carbonyl (C=O) groups is 2. The number of hydrogen-bond donors (Lipinski definition) is 1. The third-order valence-corrected chi connectivity index (χ3v) is 6.04. The van der Waals surface area contributed by atoms with Crippen LogP contribution in [0.2, 0.25) is 0 Å². The number of rotatable bonds is 6. The third-order valence-electron chi connectivity index (χ3n) is 6.04. The molecule has 0 bridgehead atoms. The molecule has 0 fully saturated rings. The molecule has 1 aliphatic rings. The summed E-state index contributed by atoms with van der Waals surface area (Å²) in [6, 6.07) is 10.5. The van der Waals surface area contributed by atoms with Crippen LogP contribution in [0.15, 0.2) is 57.7 Å². The van der Waals surface area contributed by atoms with E-state index in [1.807, 2.05) is 0 Å². The van der Waals surface area contributed by atoms with Crippen LogP contribution in [-0.2, 0) is 11.3 Å². The van der Waals surface area contributed by atoms with Gasteiger partial charge in [-0.15, -0.1) is 8.78 Å². The summed E-state index contributed by atoms with van der Waals surface area (Å²) in [5, 5.41) is 7.01. The van der Waals surface area contributed by atoms with Crippen molar-refractivity contribution in [2.45, 2.75) is 46.1 Å². The van der Waals surface area contributed by atoms with Crippen molar-refractivity contribution in [2.75, 3.05) is 11.4 Å². The second-order valence-electron chi connectivity index (χ2n) is 10.3. The summed E-state index contributed by atoms with van der Waals surface area (Å²) in [5.41, 5.74) is -0.865. The molecule has 0 saturated heterocycles. The van der Waals surface area contributed by atoms with Crippen molar-refractivity contribution >= 4 is 28.5 Å². The van der Waals surface area contributed by atoms with Crippen molar-refractivity contribution < 1.29 is 36.7 Å². The van der Waals surface area contributed by atoms with Gasteiger partial charge in [0.2, 0.25) is 5.91 Å². The van der Waals surface area contributed by atoms with E-state index in [-0.39, 0.29) is 51.7 Å². The number of aromatic nitrogens is 2. The first-order valence-corrected chi connectivity index (χ1v) is 12.6. The van der Waals surface area contributed by atoms with Crippen LogP contribution in [0, 0.1) is 5.82 Å². The monoisotopic (exact) mass is 570 g/mol. The summed E-state index contributed by atoms with van der Waals surface area (Å²) >= 11 is 0. The minimum Gasteiger partial charge on any atom is -0.448 e. The van der Waals surface area contributed by atoms with Crippen LogP contribution in [-0.4, -0.2) is 40.0 Å². The second-order valence-corrected chi connectivity index (χ2v) is 10.3. The molecule has 10 nitrogen and oxygen atoms in total. The number of anilines is 1. The number of alkyl halides is 2. The van der Waals surface area contributed by atoms with Gasteiger partial charge in [0, 0.05) is 35.5 Å². The summed E-state index contributed by atoms with van der Waals surface area (Å²) in [7, 11) is 0. The predicted octanol–water partition coefficient (Wildman–Crippen LogP) is 4.70. The first kappa shape index (κ1) is 27.7. The van der Waals surface area contributed by atoms with E-state index in [2.05, 4.69) is 19.9 Å². The standard InChI is InChI=1S/C28H25F3N4O6/c1-5-34(17-9-10-19-20(12-17)41-28(30,31)40-19)22(36)14-35-26(38)18-13-21(25(37)32-27(2,3)4)39-24(18)23(33-35)15-7-6-8-16(29)11-15/h6-13H,5,14H2,1-4H3,(H,32,37). The van der Waals surface area contributed by atoms with Crippen molar-refractivity contribution in [2.24, 2.45) is 0 Å². The normalized spacial score (nSPS) is 13.8. The van der Waals surface area contributed by atoms with Crippen LogP contribution in [0.3, 0.4) is 0 Å². The van der Waals surface area contributed by atoms with Crippen molar-refractivity contribution in [3.63, 3.8) is 0 Å². The number of likely N-dealkylation sites (N-methyl/N-ethyl adjacent to an activating group) is 1. The van der Waals surface area contributed by atoms with Crippen LogP contribution in [0.1, 0.15) is 38.2 Å². The molecule has 41 heavy (non-hydrogen) atoms. The molecule has 5 rings (SSSR count). The number of amides is 2. The van der Waals surface area contributed by atoms with Crippen molar-refractivity contribution in [3.05, 3.63) is 70.5 Å².